The molecule has 0 atom stereocenters. The SMILES string of the molecule is CCCNCc1cccc(CN(C)Cc2cscn2)n1. The Morgan fingerprint density at radius 3 is 2.75 bits per heavy atom. The molecule has 2 rings (SSSR count). The summed E-state index contributed by atoms with van der Waals surface area (Å²) in [5.41, 5.74) is 5.22. The van der Waals surface area contributed by atoms with Crippen molar-refractivity contribution in [2.75, 3.05) is 13.6 Å². The van der Waals surface area contributed by atoms with E-state index in [4.69, 9.17) is 4.98 Å². The van der Waals surface area contributed by atoms with Gasteiger partial charge in [0.05, 0.1) is 22.6 Å². The highest BCUT2D eigenvalue weighted by atomic mass is 32.1. The molecule has 0 aromatic carbocycles. The molecule has 1 N–H and O–H groups in total. The van der Waals surface area contributed by atoms with Crippen LogP contribution in [0.25, 0.3) is 0 Å². The van der Waals surface area contributed by atoms with Gasteiger partial charge in [0.15, 0.2) is 0 Å². The molecule has 0 spiro atoms. The van der Waals surface area contributed by atoms with Gasteiger partial charge in [0.2, 0.25) is 0 Å². The van der Waals surface area contributed by atoms with Crippen LogP contribution in [0.4, 0.5) is 0 Å². The second kappa shape index (κ2) is 8.09. The van der Waals surface area contributed by atoms with Crippen molar-refractivity contribution in [3.63, 3.8) is 0 Å². The normalized spacial score (nSPS) is 11.2. The number of rotatable bonds is 8. The van der Waals surface area contributed by atoms with Crippen LogP contribution in [0.2, 0.25) is 0 Å². The fraction of sp³-hybridized carbons (Fsp3) is 0.467. The van der Waals surface area contributed by atoms with Crippen LogP contribution in [0.3, 0.4) is 0 Å². The average molecular weight is 290 g/mol. The third-order valence-corrected chi connectivity index (χ3v) is 3.58. The lowest BCUT2D eigenvalue weighted by molar-refractivity contribution is 0.311. The van der Waals surface area contributed by atoms with E-state index in [0.717, 1.165) is 49.7 Å². The van der Waals surface area contributed by atoms with E-state index in [9.17, 15) is 0 Å². The van der Waals surface area contributed by atoms with Crippen LogP contribution in [0, 0.1) is 0 Å². The first kappa shape index (κ1) is 15.1. The minimum absolute atomic E-state index is 0.845. The van der Waals surface area contributed by atoms with Gasteiger partial charge in [-0.25, -0.2) is 4.98 Å². The standard InChI is InChI=1S/C15H22N4S/c1-3-7-16-8-13-5-4-6-14(18-13)9-19(2)10-15-11-20-12-17-15/h4-6,11-12,16H,3,7-10H2,1-2H3. The smallest absolute Gasteiger partial charge is 0.0795 e. The molecule has 0 radical (unpaired) electrons. The van der Waals surface area contributed by atoms with Crippen LogP contribution in [0.5, 0.6) is 0 Å². The summed E-state index contributed by atoms with van der Waals surface area (Å²) in [6.45, 7) is 5.76. The van der Waals surface area contributed by atoms with Crippen LogP contribution in [-0.2, 0) is 19.6 Å². The maximum Gasteiger partial charge on any atom is 0.0795 e. The van der Waals surface area contributed by atoms with Crippen LogP contribution in [0.15, 0.2) is 29.1 Å². The van der Waals surface area contributed by atoms with Gasteiger partial charge in [-0.15, -0.1) is 11.3 Å². The van der Waals surface area contributed by atoms with E-state index < -0.39 is 0 Å². The van der Waals surface area contributed by atoms with Gasteiger partial charge < -0.3 is 5.32 Å². The predicted octanol–water partition coefficient (Wildman–Crippen LogP) is 2.67. The van der Waals surface area contributed by atoms with Crippen molar-refractivity contribution < 1.29 is 0 Å². The highest BCUT2D eigenvalue weighted by molar-refractivity contribution is 7.07. The molecule has 0 aliphatic rings. The Hall–Kier alpha value is -1.30. The van der Waals surface area contributed by atoms with Crippen molar-refractivity contribution in [2.45, 2.75) is 33.0 Å². The number of thiazole rings is 1. The van der Waals surface area contributed by atoms with E-state index in [1.807, 2.05) is 5.51 Å². The summed E-state index contributed by atoms with van der Waals surface area (Å²) in [4.78, 5) is 11.2. The van der Waals surface area contributed by atoms with Gasteiger partial charge in [-0.1, -0.05) is 13.0 Å². The third kappa shape index (κ3) is 5.00. The Labute approximate surface area is 124 Å². The second-order valence-corrected chi connectivity index (χ2v) is 5.67. The molecule has 20 heavy (non-hydrogen) atoms. The summed E-state index contributed by atoms with van der Waals surface area (Å²) in [5, 5.41) is 5.48. The van der Waals surface area contributed by atoms with Gasteiger partial charge in [-0.05, 0) is 32.1 Å². The van der Waals surface area contributed by atoms with Crippen LogP contribution >= 0.6 is 11.3 Å². The summed E-state index contributed by atoms with van der Waals surface area (Å²) >= 11 is 1.64. The van der Waals surface area contributed by atoms with Gasteiger partial charge in [0.1, 0.15) is 0 Å². The van der Waals surface area contributed by atoms with Gasteiger partial charge in [-0.3, -0.25) is 9.88 Å². The highest BCUT2D eigenvalue weighted by Gasteiger charge is 2.05. The molecular formula is C15H22N4S. The number of hydrogen-bond acceptors (Lipinski definition) is 5. The first-order chi connectivity index (χ1) is 9.78. The van der Waals surface area contributed by atoms with E-state index in [1.54, 1.807) is 11.3 Å². The van der Waals surface area contributed by atoms with Gasteiger partial charge in [0, 0.05) is 25.0 Å². The van der Waals surface area contributed by atoms with Crippen molar-refractivity contribution in [1.82, 2.24) is 20.2 Å². The molecule has 0 fully saturated rings. The number of nitrogens with one attached hydrogen (secondary N) is 1. The molecule has 0 aliphatic carbocycles. The molecule has 0 bridgehead atoms. The van der Waals surface area contributed by atoms with E-state index in [1.165, 1.54) is 0 Å². The first-order valence-corrected chi connectivity index (χ1v) is 7.93. The van der Waals surface area contributed by atoms with Gasteiger partial charge in [0.25, 0.3) is 0 Å². The summed E-state index contributed by atoms with van der Waals surface area (Å²) in [6, 6.07) is 6.25. The van der Waals surface area contributed by atoms with Crippen LogP contribution < -0.4 is 5.32 Å². The van der Waals surface area contributed by atoms with Crippen molar-refractivity contribution >= 4 is 11.3 Å². The summed E-state index contributed by atoms with van der Waals surface area (Å²) in [6.07, 6.45) is 1.15. The van der Waals surface area contributed by atoms with Crippen molar-refractivity contribution in [2.24, 2.45) is 0 Å². The Morgan fingerprint density at radius 2 is 2.00 bits per heavy atom. The summed E-state index contributed by atoms with van der Waals surface area (Å²) in [5.74, 6) is 0. The van der Waals surface area contributed by atoms with Gasteiger partial charge >= 0.3 is 0 Å². The van der Waals surface area contributed by atoms with E-state index in [0.29, 0.717) is 0 Å². The predicted molar refractivity (Wildman–Crippen MR) is 83.5 cm³/mol. The quantitative estimate of drug-likeness (QED) is 0.759. The van der Waals surface area contributed by atoms with Crippen molar-refractivity contribution in [3.05, 3.63) is 46.2 Å². The Bertz CT molecular complexity index is 498. The monoisotopic (exact) mass is 290 g/mol. The lowest BCUT2D eigenvalue weighted by Crippen LogP contribution is -2.19. The van der Waals surface area contributed by atoms with E-state index in [-0.39, 0.29) is 0 Å². The number of aromatic nitrogens is 2. The van der Waals surface area contributed by atoms with Crippen LogP contribution in [-0.4, -0.2) is 28.5 Å². The molecule has 4 nitrogen and oxygen atoms in total. The number of hydrogen-bond donors (Lipinski definition) is 1. The Kier molecular flexibility index (Phi) is 6.11. The lowest BCUT2D eigenvalue weighted by atomic mass is 10.2. The van der Waals surface area contributed by atoms with E-state index >= 15 is 0 Å². The Balaban J connectivity index is 1.86. The molecule has 0 aliphatic heterocycles. The fourth-order valence-corrected chi connectivity index (χ4v) is 2.58. The molecule has 0 saturated carbocycles. The summed E-state index contributed by atoms with van der Waals surface area (Å²) < 4.78 is 0. The fourth-order valence-electron chi connectivity index (χ4n) is 2.03. The zero-order chi connectivity index (χ0) is 14.2. The molecule has 2 heterocycles. The third-order valence-electron chi connectivity index (χ3n) is 2.94. The molecule has 0 unspecified atom stereocenters. The molecule has 5 heteroatoms. The number of pyridine rings is 1. The number of nitrogens with zero attached hydrogens (tertiary/aromatic N) is 3. The average Bonchev–Trinajstić information content (AvgIpc) is 2.92. The topological polar surface area (TPSA) is 41.0 Å². The molecule has 0 saturated heterocycles. The lowest BCUT2D eigenvalue weighted by Gasteiger charge is -2.15. The minimum atomic E-state index is 0.845. The first-order valence-electron chi connectivity index (χ1n) is 6.99. The highest BCUT2D eigenvalue weighted by Crippen LogP contribution is 2.08. The maximum atomic E-state index is 4.69. The van der Waals surface area contributed by atoms with Gasteiger partial charge in [-0.2, -0.15) is 0 Å². The zero-order valence-corrected chi connectivity index (χ0v) is 13.0. The van der Waals surface area contributed by atoms with E-state index in [2.05, 4.69) is 52.8 Å². The summed E-state index contributed by atoms with van der Waals surface area (Å²) in [7, 11) is 2.10. The molecular weight excluding hydrogens is 268 g/mol. The van der Waals surface area contributed by atoms with Crippen molar-refractivity contribution in [3.8, 4) is 0 Å². The minimum Gasteiger partial charge on any atom is -0.311 e. The molecule has 108 valence electrons. The zero-order valence-electron chi connectivity index (χ0n) is 12.2. The largest absolute Gasteiger partial charge is 0.311 e. The molecule has 2 aromatic rings. The molecule has 2 aromatic heterocycles. The maximum absolute atomic E-state index is 4.69. The second-order valence-electron chi connectivity index (χ2n) is 4.95. The van der Waals surface area contributed by atoms with Crippen molar-refractivity contribution in [1.29, 1.82) is 0 Å². The Morgan fingerprint density at radius 1 is 1.20 bits per heavy atom. The van der Waals surface area contributed by atoms with Crippen LogP contribution in [0.1, 0.15) is 30.4 Å². The molecule has 0 amide bonds.